The average molecular weight is 292 g/mol. The smallest absolute Gasteiger partial charge is 0.323 e. The zero-order valence-electron chi connectivity index (χ0n) is 13.4. The molecule has 0 aromatic heterocycles. The van der Waals surface area contributed by atoms with E-state index >= 15 is 0 Å². The number of carbonyl (C=O) groups excluding carboxylic acids is 1. The first-order valence-electron chi connectivity index (χ1n) is 7.06. The van der Waals surface area contributed by atoms with Crippen molar-refractivity contribution >= 4 is 17.7 Å². The first-order chi connectivity index (χ1) is 9.70. The molecule has 2 amide bonds. The monoisotopic (exact) mass is 292 g/mol. The molecule has 0 aliphatic carbocycles. The second kappa shape index (κ2) is 7.11. The van der Waals surface area contributed by atoms with Crippen LogP contribution in [0.1, 0.15) is 30.5 Å². The van der Waals surface area contributed by atoms with Gasteiger partial charge in [0.05, 0.1) is 0 Å². The number of hydrogen-bond donors (Lipinski definition) is 2. The maximum Gasteiger partial charge on any atom is 0.323 e. The number of anilines is 1. The molecule has 0 atom stereocenters. The molecular formula is C16H24N2O3. The van der Waals surface area contributed by atoms with Gasteiger partial charge in [0.2, 0.25) is 0 Å². The number of urea groups is 1. The van der Waals surface area contributed by atoms with E-state index in [1.54, 1.807) is 0 Å². The third-order valence-electron chi connectivity index (χ3n) is 3.11. The number of carboxylic acid groups (broad SMARTS) is 1. The SMILES string of the molecule is Cc1cc(C)c(NC(=O)N(CC(=O)O)CC(C)C)c(C)c1. The van der Waals surface area contributed by atoms with Gasteiger partial charge in [-0.25, -0.2) is 4.79 Å². The minimum Gasteiger partial charge on any atom is -0.480 e. The molecule has 5 nitrogen and oxygen atoms in total. The van der Waals surface area contributed by atoms with E-state index in [4.69, 9.17) is 5.11 Å². The summed E-state index contributed by atoms with van der Waals surface area (Å²) in [7, 11) is 0. The third kappa shape index (κ3) is 5.10. The van der Waals surface area contributed by atoms with Gasteiger partial charge in [-0.2, -0.15) is 0 Å². The summed E-state index contributed by atoms with van der Waals surface area (Å²) in [5, 5.41) is 11.8. The Balaban J connectivity index is 2.93. The first-order valence-corrected chi connectivity index (χ1v) is 7.06. The lowest BCUT2D eigenvalue weighted by molar-refractivity contribution is -0.137. The molecule has 1 rings (SSSR count). The van der Waals surface area contributed by atoms with Gasteiger partial charge >= 0.3 is 12.0 Å². The molecule has 2 N–H and O–H groups in total. The zero-order valence-corrected chi connectivity index (χ0v) is 13.4. The van der Waals surface area contributed by atoms with Gasteiger partial charge in [-0.15, -0.1) is 0 Å². The summed E-state index contributed by atoms with van der Waals surface area (Å²) in [5.41, 5.74) is 3.83. The second-order valence-corrected chi connectivity index (χ2v) is 5.87. The van der Waals surface area contributed by atoms with E-state index in [2.05, 4.69) is 5.32 Å². The number of nitrogens with one attached hydrogen (secondary N) is 1. The largest absolute Gasteiger partial charge is 0.480 e. The molecule has 5 heteroatoms. The number of benzene rings is 1. The third-order valence-corrected chi connectivity index (χ3v) is 3.11. The van der Waals surface area contributed by atoms with Gasteiger partial charge in [-0.1, -0.05) is 31.5 Å². The van der Waals surface area contributed by atoms with Crippen LogP contribution in [0.15, 0.2) is 12.1 Å². The van der Waals surface area contributed by atoms with Crippen molar-refractivity contribution < 1.29 is 14.7 Å². The van der Waals surface area contributed by atoms with Gasteiger partial charge < -0.3 is 15.3 Å². The van der Waals surface area contributed by atoms with Crippen LogP contribution in [-0.4, -0.2) is 35.1 Å². The van der Waals surface area contributed by atoms with Gasteiger partial charge in [0, 0.05) is 12.2 Å². The second-order valence-electron chi connectivity index (χ2n) is 5.87. The molecule has 1 aromatic rings. The quantitative estimate of drug-likeness (QED) is 0.875. The molecule has 0 saturated carbocycles. The van der Waals surface area contributed by atoms with Gasteiger partial charge in [-0.05, 0) is 37.8 Å². The van der Waals surface area contributed by atoms with E-state index in [9.17, 15) is 9.59 Å². The topological polar surface area (TPSA) is 69.6 Å². The van der Waals surface area contributed by atoms with E-state index in [0.29, 0.717) is 6.54 Å². The summed E-state index contributed by atoms with van der Waals surface area (Å²) < 4.78 is 0. The van der Waals surface area contributed by atoms with Crippen molar-refractivity contribution in [2.75, 3.05) is 18.4 Å². The lowest BCUT2D eigenvalue weighted by Gasteiger charge is -2.24. The summed E-state index contributed by atoms with van der Waals surface area (Å²) in [6.07, 6.45) is 0. The van der Waals surface area contributed by atoms with E-state index in [0.717, 1.165) is 22.4 Å². The summed E-state index contributed by atoms with van der Waals surface area (Å²) in [6.45, 7) is 9.87. The Morgan fingerprint density at radius 3 is 2.14 bits per heavy atom. The number of carboxylic acids is 1. The van der Waals surface area contributed by atoms with Crippen LogP contribution in [0.2, 0.25) is 0 Å². The Hall–Kier alpha value is -2.04. The minimum absolute atomic E-state index is 0.204. The standard InChI is InChI=1S/C16H24N2O3/c1-10(2)8-18(9-14(19)20)16(21)17-15-12(4)6-11(3)7-13(15)5/h6-7,10H,8-9H2,1-5H3,(H,17,21)(H,19,20). The molecule has 0 fully saturated rings. The Morgan fingerprint density at radius 2 is 1.71 bits per heavy atom. The lowest BCUT2D eigenvalue weighted by Crippen LogP contribution is -2.41. The first kappa shape index (κ1) is 17.0. The molecule has 116 valence electrons. The minimum atomic E-state index is -1.01. The maximum atomic E-state index is 12.3. The fourth-order valence-corrected chi connectivity index (χ4v) is 2.39. The summed E-state index contributed by atoms with van der Waals surface area (Å²) in [4.78, 5) is 24.6. The number of rotatable bonds is 5. The summed E-state index contributed by atoms with van der Waals surface area (Å²) >= 11 is 0. The van der Waals surface area contributed by atoms with Crippen molar-refractivity contribution in [1.29, 1.82) is 0 Å². The van der Waals surface area contributed by atoms with Crippen LogP contribution < -0.4 is 5.32 Å². The Bertz CT molecular complexity index is 515. The highest BCUT2D eigenvalue weighted by molar-refractivity contribution is 5.92. The molecule has 0 aliphatic heterocycles. The van der Waals surface area contributed by atoms with Crippen LogP contribution >= 0.6 is 0 Å². The molecule has 1 aromatic carbocycles. The summed E-state index contributed by atoms with van der Waals surface area (Å²) in [6, 6.07) is 3.61. The van der Waals surface area contributed by atoms with Crippen molar-refractivity contribution in [3.63, 3.8) is 0 Å². The fraction of sp³-hybridized carbons (Fsp3) is 0.500. The highest BCUT2D eigenvalue weighted by Crippen LogP contribution is 2.22. The Labute approximate surface area is 126 Å². The number of hydrogen-bond acceptors (Lipinski definition) is 2. The molecule has 0 aliphatic rings. The van der Waals surface area contributed by atoms with E-state index in [1.807, 2.05) is 46.8 Å². The average Bonchev–Trinajstić information content (AvgIpc) is 2.31. The van der Waals surface area contributed by atoms with Crippen LogP contribution in [0.25, 0.3) is 0 Å². The number of aryl methyl sites for hydroxylation is 3. The predicted octanol–water partition coefficient (Wildman–Crippen LogP) is 3.19. The molecular weight excluding hydrogens is 268 g/mol. The van der Waals surface area contributed by atoms with Crippen molar-refractivity contribution in [2.24, 2.45) is 5.92 Å². The van der Waals surface area contributed by atoms with Crippen LogP contribution in [0.3, 0.4) is 0 Å². The van der Waals surface area contributed by atoms with Gasteiger partial charge in [0.25, 0.3) is 0 Å². The molecule has 0 bridgehead atoms. The normalized spacial score (nSPS) is 10.6. The van der Waals surface area contributed by atoms with Crippen LogP contribution in [0.5, 0.6) is 0 Å². The molecule has 21 heavy (non-hydrogen) atoms. The number of aliphatic carboxylic acids is 1. The zero-order chi connectivity index (χ0) is 16.2. The molecule has 0 heterocycles. The van der Waals surface area contributed by atoms with E-state index in [-0.39, 0.29) is 18.5 Å². The van der Waals surface area contributed by atoms with E-state index in [1.165, 1.54) is 4.90 Å². The van der Waals surface area contributed by atoms with Gasteiger partial charge in [0.1, 0.15) is 6.54 Å². The molecule has 0 saturated heterocycles. The number of carbonyl (C=O) groups is 2. The van der Waals surface area contributed by atoms with Gasteiger partial charge in [0.15, 0.2) is 0 Å². The highest BCUT2D eigenvalue weighted by Gasteiger charge is 2.19. The highest BCUT2D eigenvalue weighted by atomic mass is 16.4. The van der Waals surface area contributed by atoms with Crippen molar-refractivity contribution in [3.05, 3.63) is 28.8 Å². The Kier molecular flexibility index (Phi) is 5.76. The maximum absolute atomic E-state index is 12.3. The van der Waals surface area contributed by atoms with E-state index < -0.39 is 5.97 Å². The number of nitrogens with zero attached hydrogens (tertiary/aromatic N) is 1. The molecule has 0 spiro atoms. The van der Waals surface area contributed by atoms with Crippen molar-refractivity contribution in [3.8, 4) is 0 Å². The predicted molar refractivity (Wildman–Crippen MR) is 83.7 cm³/mol. The number of amides is 2. The van der Waals surface area contributed by atoms with Crippen LogP contribution in [0, 0.1) is 26.7 Å². The van der Waals surface area contributed by atoms with Crippen molar-refractivity contribution in [2.45, 2.75) is 34.6 Å². The van der Waals surface area contributed by atoms with Crippen LogP contribution in [-0.2, 0) is 4.79 Å². The summed E-state index contributed by atoms with van der Waals surface area (Å²) in [5.74, 6) is -0.807. The fourth-order valence-electron chi connectivity index (χ4n) is 2.39. The Morgan fingerprint density at radius 1 is 1.19 bits per heavy atom. The van der Waals surface area contributed by atoms with Gasteiger partial charge in [-0.3, -0.25) is 4.79 Å². The molecule has 0 unspecified atom stereocenters. The van der Waals surface area contributed by atoms with Crippen LogP contribution in [0.4, 0.5) is 10.5 Å². The van der Waals surface area contributed by atoms with Crippen molar-refractivity contribution in [1.82, 2.24) is 4.90 Å². The molecule has 0 radical (unpaired) electrons. The lowest BCUT2D eigenvalue weighted by atomic mass is 10.1.